The topological polar surface area (TPSA) is 263 Å². The average molecular weight is 573 g/mol. The average Bonchev–Trinajstić information content (AvgIpc) is 2.94. The molecule has 0 bridgehead atoms. The fraction of sp³-hybridized carbons (Fsp3) is 0.250. The summed E-state index contributed by atoms with van der Waals surface area (Å²) >= 11 is 0. The SMILES string of the molecule is NC[C@@H](Cc1ccc(O)cc1)C(=O)O.NN[C@@H](Cc1ccc(O)cc1)C(=O)O.N[C@@H](Cc1ccc(O)cc1)C(=O)O. The van der Waals surface area contributed by atoms with E-state index in [4.69, 9.17) is 47.9 Å². The Hall–Kier alpha value is -4.69. The van der Waals surface area contributed by atoms with Gasteiger partial charge in [0.2, 0.25) is 0 Å². The van der Waals surface area contributed by atoms with Crippen LogP contribution in [0, 0.1) is 5.92 Å². The van der Waals surface area contributed by atoms with E-state index in [1.165, 1.54) is 36.4 Å². The van der Waals surface area contributed by atoms with E-state index in [9.17, 15) is 14.4 Å². The van der Waals surface area contributed by atoms with E-state index in [1.54, 1.807) is 36.4 Å². The molecule has 3 rings (SSSR count). The smallest absolute Gasteiger partial charge is 0.322 e. The molecule has 3 atom stereocenters. The van der Waals surface area contributed by atoms with Gasteiger partial charge in [0.15, 0.2) is 0 Å². The van der Waals surface area contributed by atoms with Crippen molar-refractivity contribution in [3.63, 3.8) is 0 Å². The summed E-state index contributed by atoms with van der Waals surface area (Å²) in [6.45, 7) is 0.121. The highest BCUT2D eigenvalue weighted by Crippen LogP contribution is 2.14. The largest absolute Gasteiger partial charge is 0.508 e. The fourth-order valence-electron chi connectivity index (χ4n) is 3.25. The molecule has 222 valence electrons. The summed E-state index contributed by atoms with van der Waals surface area (Å²) in [6, 6.07) is 17.4. The van der Waals surface area contributed by atoms with Gasteiger partial charge in [-0.15, -0.1) is 0 Å². The van der Waals surface area contributed by atoms with Crippen LogP contribution in [-0.2, 0) is 33.6 Å². The lowest BCUT2D eigenvalue weighted by Gasteiger charge is -2.10. The third-order valence-electron chi connectivity index (χ3n) is 5.64. The second-order valence-corrected chi connectivity index (χ2v) is 8.88. The Balaban J connectivity index is 0.000000308. The lowest BCUT2D eigenvalue weighted by Crippen LogP contribution is -2.42. The summed E-state index contributed by atoms with van der Waals surface area (Å²) < 4.78 is 0. The van der Waals surface area contributed by atoms with Crippen molar-refractivity contribution in [1.29, 1.82) is 0 Å². The zero-order valence-electron chi connectivity index (χ0n) is 22.1. The third-order valence-corrected chi connectivity index (χ3v) is 5.64. The molecule has 0 aliphatic carbocycles. The van der Waals surface area contributed by atoms with Crippen molar-refractivity contribution < 1.29 is 45.0 Å². The number of carboxylic acids is 3. The van der Waals surface area contributed by atoms with E-state index < -0.39 is 35.9 Å². The Bertz CT molecular complexity index is 1160. The highest BCUT2D eigenvalue weighted by Gasteiger charge is 2.16. The second-order valence-electron chi connectivity index (χ2n) is 8.88. The number of aromatic hydroxyl groups is 3. The monoisotopic (exact) mass is 572 g/mol. The van der Waals surface area contributed by atoms with Gasteiger partial charge in [0.05, 0.1) is 5.92 Å². The van der Waals surface area contributed by atoms with Crippen molar-refractivity contribution in [2.45, 2.75) is 31.3 Å². The van der Waals surface area contributed by atoms with Gasteiger partial charge in [-0.25, -0.2) is 5.43 Å². The van der Waals surface area contributed by atoms with E-state index in [0.717, 1.165) is 16.7 Å². The van der Waals surface area contributed by atoms with E-state index in [2.05, 4.69) is 5.43 Å². The number of phenols is 3. The number of hydrogen-bond donors (Lipinski definition) is 10. The quantitative estimate of drug-likeness (QED) is 0.113. The molecule has 0 aliphatic heterocycles. The first-order chi connectivity index (χ1) is 19.4. The summed E-state index contributed by atoms with van der Waals surface area (Å²) in [7, 11) is 0. The van der Waals surface area contributed by atoms with Gasteiger partial charge in [-0.05, 0) is 72.4 Å². The van der Waals surface area contributed by atoms with Crippen molar-refractivity contribution in [1.82, 2.24) is 5.43 Å². The normalized spacial score (nSPS) is 12.4. The second kappa shape index (κ2) is 17.8. The minimum absolute atomic E-state index is 0.121. The van der Waals surface area contributed by atoms with Gasteiger partial charge < -0.3 is 42.1 Å². The predicted octanol–water partition coefficient (Wildman–Crippen LogP) is 0.792. The first-order valence-corrected chi connectivity index (χ1v) is 12.3. The molecule has 0 spiro atoms. The zero-order chi connectivity index (χ0) is 30.9. The molecule has 0 amide bonds. The molecule has 0 heterocycles. The lowest BCUT2D eigenvalue weighted by molar-refractivity contribution is -0.141. The van der Waals surface area contributed by atoms with E-state index in [-0.39, 0.29) is 36.6 Å². The highest BCUT2D eigenvalue weighted by atomic mass is 16.4. The molecule has 3 aromatic rings. The van der Waals surface area contributed by atoms with Crippen LogP contribution in [0.3, 0.4) is 0 Å². The molecule has 41 heavy (non-hydrogen) atoms. The number of nitrogens with one attached hydrogen (secondary N) is 1. The zero-order valence-corrected chi connectivity index (χ0v) is 22.1. The number of rotatable bonds is 11. The molecule has 0 aromatic heterocycles. The molecule has 0 radical (unpaired) electrons. The predicted molar refractivity (Wildman–Crippen MR) is 150 cm³/mol. The summed E-state index contributed by atoms with van der Waals surface area (Å²) in [6.07, 6.45) is 0.952. The highest BCUT2D eigenvalue weighted by molar-refractivity contribution is 5.74. The maximum atomic E-state index is 10.7. The molecular formula is C28H36N4O9. The van der Waals surface area contributed by atoms with Crippen LogP contribution in [0.25, 0.3) is 0 Å². The van der Waals surface area contributed by atoms with Crippen LogP contribution in [-0.4, -0.2) is 67.2 Å². The number of phenolic OH excluding ortho intramolecular Hbond substituents is 3. The molecule has 13 nitrogen and oxygen atoms in total. The molecule has 13 N–H and O–H groups in total. The Morgan fingerprint density at radius 2 is 0.976 bits per heavy atom. The fourth-order valence-corrected chi connectivity index (χ4v) is 3.25. The molecule has 0 aliphatic rings. The number of carboxylic acid groups (broad SMARTS) is 3. The van der Waals surface area contributed by atoms with E-state index in [0.29, 0.717) is 6.42 Å². The van der Waals surface area contributed by atoms with Crippen LogP contribution in [0.5, 0.6) is 17.2 Å². The van der Waals surface area contributed by atoms with Gasteiger partial charge in [-0.2, -0.15) is 0 Å². The van der Waals surface area contributed by atoms with Crippen LogP contribution < -0.4 is 22.7 Å². The summed E-state index contributed by atoms with van der Waals surface area (Å²) in [5.74, 6) is 2.10. The van der Waals surface area contributed by atoms with Crippen molar-refractivity contribution in [2.24, 2.45) is 23.2 Å². The van der Waals surface area contributed by atoms with Gasteiger partial charge in [0, 0.05) is 6.54 Å². The van der Waals surface area contributed by atoms with Crippen molar-refractivity contribution in [2.75, 3.05) is 6.54 Å². The molecule has 0 saturated heterocycles. The molecule has 3 aromatic carbocycles. The van der Waals surface area contributed by atoms with Gasteiger partial charge in [-0.3, -0.25) is 20.2 Å². The maximum absolute atomic E-state index is 10.7. The van der Waals surface area contributed by atoms with E-state index >= 15 is 0 Å². The number of nitrogens with two attached hydrogens (primary N) is 3. The molecule has 0 saturated carbocycles. The van der Waals surface area contributed by atoms with Crippen molar-refractivity contribution in [3.05, 3.63) is 89.5 Å². The Morgan fingerprint density at radius 3 is 1.27 bits per heavy atom. The minimum Gasteiger partial charge on any atom is -0.508 e. The van der Waals surface area contributed by atoms with Crippen LogP contribution in [0.2, 0.25) is 0 Å². The van der Waals surface area contributed by atoms with Crippen LogP contribution in [0.4, 0.5) is 0 Å². The molecule has 0 unspecified atom stereocenters. The number of benzene rings is 3. The Kier molecular flexibility index (Phi) is 14.9. The number of hydrazine groups is 1. The molecular weight excluding hydrogens is 536 g/mol. The number of hydrogen-bond acceptors (Lipinski definition) is 10. The van der Waals surface area contributed by atoms with Crippen LogP contribution >= 0.6 is 0 Å². The van der Waals surface area contributed by atoms with Gasteiger partial charge >= 0.3 is 17.9 Å². The molecule has 0 fully saturated rings. The first kappa shape index (κ1) is 34.3. The van der Waals surface area contributed by atoms with Gasteiger partial charge in [0.1, 0.15) is 29.3 Å². The first-order valence-electron chi connectivity index (χ1n) is 12.3. The number of aliphatic carboxylic acids is 3. The van der Waals surface area contributed by atoms with Gasteiger partial charge in [-0.1, -0.05) is 36.4 Å². The van der Waals surface area contributed by atoms with Crippen molar-refractivity contribution in [3.8, 4) is 17.2 Å². The summed E-state index contributed by atoms with van der Waals surface area (Å²) in [5, 5.41) is 52.9. The van der Waals surface area contributed by atoms with Crippen LogP contribution in [0.1, 0.15) is 16.7 Å². The third kappa shape index (κ3) is 13.8. The maximum Gasteiger partial charge on any atom is 0.322 e. The Morgan fingerprint density at radius 1 is 0.610 bits per heavy atom. The van der Waals surface area contributed by atoms with Crippen molar-refractivity contribution >= 4 is 17.9 Å². The van der Waals surface area contributed by atoms with Gasteiger partial charge in [0.25, 0.3) is 0 Å². The number of carbonyl (C=O) groups is 3. The summed E-state index contributed by atoms with van der Waals surface area (Å²) in [5.41, 5.74) is 15.3. The summed E-state index contributed by atoms with van der Waals surface area (Å²) in [4.78, 5) is 31.7. The standard InChI is InChI=1S/C10H13NO3.C9H12N2O3.C9H11NO3/c11-6-8(10(13)14)5-7-1-3-9(12)4-2-7;10-11-8(9(13)14)5-6-1-3-7(12)4-2-6;10-8(9(12)13)5-6-1-3-7(11)4-2-6/h1-4,8,12H,5-6,11H2,(H,13,14);1-4,8,11-12H,5,10H2,(H,13,14);1-4,8,11H,5,10H2,(H,12,13)/t3*8-/m100/s1. The minimum atomic E-state index is -1.02. The Labute approximate surface area is 236 Å². The lowest BCUT2D eigenvalue weighted by atomic mass is 10.00. The van der Waals surface area contributed by atoms with Crippen LogP contribution in [0.15, 0.2) is 72.8 Å². The van der Waals surface area contributed by atoms with E-state index in [1.807, 2.05) is 0 Å². The molecule has 13 heteroatoms.